The first-order valence-electron chi connectivity index (χ1n) is 5.34. The highest BCUT2D eigenvalue weighted by Crippen LogP contribution is 2.18. The molecule has 14 heavy (non-hydrogen) atoms. The van der Waals surface area contributed by atoms with Crippen LogP contribution in [0.4, 0.5) is 0 Å². The predicted molar refractivity (Wildman–Crippen MR) is 59.5 cm³/mol. The molecule has 0 atom stereocenters. The van der Waals surface area contributed by atoms with Crippen LogP contribution in [0.2, 0.25) is 0 Å². The van der Waals surface area contributed by atoms with E-state index < -0.39 is 0 Å². The van der Waals surface area contributed by atoms with Crippen LogP contribution < -0.4 is 5.73 Å². The van der Waals surface area contributed by atoms with Crippen molar-refractivity contribution in [2.24, 2.45) is 5.73 Å². The molecule has 1 aromatic heterocycles. The van der Waals surface area contributed by atoms with Gasteiger partial charge in [0.15, 0.2) is 0 Å². The zero-order valence-electron chi connectivity index (χ0n) is 9.62. The Balaban J connectivity index is 3.00. The summed E-state index contributed by atoms with van der Waals surface area (Å²) >= 11 is 0. The number of rotatable bonds is 4. The zero-order valence-corrected chi connectivity index (χ0v) is 9.62. The maximum absolute atomic E-state index is 5.52. The van der Waals surface area contributed by atoms with E-state index in [1.165, 1.54) is 5.82 Å². The van der Waals surface area contributed by atoms with Gasteiger partial charge in [-0.15, -0.1) is 0 Å². The van der Waals surface area contributed by atoms with Gasteiger partial charge in [-0.2, -0.15) is 0 Å². The van der Waals surface area contributed by atoms with Crippen LogP contribution in [0.5, 0.6) is 0 Å². The molecule has 0 spiro atoms. The first kappa shape index (κ1) is 11.2. The number of imidazole rings is 1. The number of aromatic nitrogens is 2. The van der Waals surface area contributed by atoms with Crippen molar-refractivity contribution in [2.45, 2.75) is 46.1 Å². The van der Waals surface area contributed by atoms with Crippen molar-refractivity contribution in [3.63, 3.8) is 0 Å². The van der Waals surface area contributed by atoms with E-state index in [0.29, 0.717) is 18.5 Å². The third kappa shape index (κ3) is 2.35. The first-order valence-corrected chi connectivity index (χ1v) is 5.34. The molecule has 0 unspecified atom stereocenters. The maximum atomic E-state index is 5.52. The lowest BCUT2D eigenvalue weighted by molar-refractivity contribution is 0.550. The third-order valence-electron chi connectivity index (χ3n) is 2.28. The van der Waals surface area contributed by atoms with Gasteiger partial charge >= 0.3 is 0 Å². The van der Waals surface area contributed by atoms with Crippen LogP contribution in [0.1, 0.15) is 51.2 Å². The normalized spacial score (nSPS) is 11.6. The molecule has 1 aromatic rings. The Morgan fingerprint density at radius 3 is 2.36 bits per heavy atom. The molecule has 1 heterocycles. The van der Waals surface area contributed by atoms with Crippen molar-refractivity contribution in [3.05, 3.63) is 17.7 Å². The van der Waals surface area contributed by atoms with Gasteiger partial charge in [0.2, 0.25) is 0 Å². The molecule has 2 N–H and O–H groups in total. The largest absolute Gasteiger partial charge is 0.332 e. The van der Waals surface area contributed by atoms with E-state index in [2.05, 4.69) is 43.4 Å². The van der Waals surface area contributed by atoms with Crippen molar-refractivity contribution >= 4 is 0 Å². The van der Waals surface area contributed by atoms with Crippen LogP contribution in [0.15, 0.2) is 6.20 Å². The molecular weight excluding hydrogens is 174 g/mol. The fourth-order valence-corrected chi connectivity index (χ4v) is 1.57. The zero-order chi connectivity index (χ0) is 10.7. The summed E-state index contributed by atoms with van der Waals surface area (Å²) < 4.78 is 2.25. The molecule has 0 saturated heterocycles. The first-order chi connectivity index (χ1) is 6.56. The van der Waals surface area contributed by atoms with Gasteiger partial charge in [0.1, 0.15) is 5.82 Å². The standard InChI is InChI=1S/C11H21N3/c1-8(2)11-13-10(5-6-12)7-14(11)9(3)4/h7-9H,5-6,12H2,1-4H3. The Kier molecular flexibility index (Phi) is 3.69. The number of hydrogen-bond donors (Lipinski definition) is 1. The summed E-state index contributed by atoms with van der Waals surface area (Å²) in [5.74, 6) is 1.65. The van der Waals surface area contributed by atoms with E-state index in [0.717, 1.165) is 12.1 Å². The molecule has 0 radical (unpaired) electrons. The fourth-order valence-electron chi connectivity index (χ4n) is 1.57. The summed E-state index contributed by atoms with van der Waals surface area (Å²) in [6, 6.07) is 0.478. The summed E-state index contributed by atoms with van der Waals surface area (Å²) in [6.07, 6.45) is 3.01. The van der Waals surface area contributed by atoms with Gasteiger partial charge in [-0.1, -0.05) is 13.8 Å². The molecule has 3 heteroatoms. The second kappa shape index (κ2) is 4.60. The van der Waals surface area contributed by atoms with E-state index in [9.17, 15) is 0 Å². The third-order valence-corrected chi connectivity index (χ3v) is 2.28. The predicted octanol–water partition coefficient (Wildman–Crippen LogP) is 2.09. The quantitative estimate of drug-likeness (QED) is 0.799. The molecule has 0 amide bonds. The van der Waals surface area contributed by atoms with Crippen LogP contribution in [0, 0.1) is 0 Å². The minimum absolute atomic E-state index is 0.476. The average Bonchev–Trinajstić information content (AvgIpc) is 2.49. The maximum Gasteiger partial charge on any atom is 0.111 e. The highest BCUT2D eigenvalue weighted by molar-refractivity contribution is 5.08. The van der Waals surface area contributed by atoms with Gasteiger partial charge in [-0.05, 0) is 20.4 Å². The van der Waals surface area contributed by atoms with E-state index in [1.54, 1.807) is 0 Å². The van der Waals surface area contributed by atoms with Crippen LogP contribution in [-0.2, 0) is 6.42 Å². The number of hydrogen-bond acceptors (Lipinski definition) is 2. The van der Waals surface area contributed by atoms with Gasteiger partial charge in [-0.3, -0.25) is 0 Å². The summed E-state index contributed by atoms with van der Waals surface area (Å²) in [4.78, 5) is 4.60. The molecule has 0 aliphatic carbocycles. The SMILES string of the molecule is CC(C)c1nc(CCN)cn1C(C)C. The minimum Gasteiger partial charge on any atom is -0.332 e. The fraction of sp³-hybridized carbons (Fsp3) is 0.727. The topological polar surface area (TPSA) is 43.8 Å². The summed E-state index contributed by atoms with van der Waals surface area (Å²) in [5.41, 5.74) is 6.64. The number of nitrogens with two attached hydrogens (primary N) is 1. The van der Waals surface area contributed by atoms with Gasteiger partial charge in [0.25, 0.3) is 0 Å². The second-order valence-corrected chi connectivity index (χ2v) is 4.28. The summed E-state index contributed by atoms with van der Waals surface area (Å²) in [7, 11) is 0. The Hall–Kier alpha value is -0.830. The molecular formula is C11H21N3. The van der Waals surface area contributed by atoms with Crippen LogP contribution in [0.25, 0.3) is 0 Å². The summed E-state index contributed by atoms with van der Waals surface area (Å²) in [5, 5.41) is 0. The Morgan fingerprint density at radius 2 is 2.00 bits per heavy atom. The van der Waals surface area contributed by atoms with Gasteiger partial charge < -0.3 is 10.3 Å². The van der Waals surface area contributed by atoms with Gasteiger partial charge in [0, 0.05) is 24.6 Å². The highest BCUT2D eigenvalue weighted by atomic mass is 15.1. The van der Waals surface area contributed by atoms with E-state index in [1.807, 2.05) is 0 Å². The van der Waals surface area contributed by atoms with Gasteiger partial charge in [-0.25, -0.2) is 4.98 Å². The molecule has 0 aliphatic rings. The lowest BCUT2D eigenvalue weighted by Gasteiger charge is -2.13. The van der Waals surface area contributed by atoms with Crippen molar-refractivity contribution in [2.75, 3.05) is 6.54 Å². The molecule has 0 bridgehead atoms. The van der Waals surface area contributed by atoms with Crippen molar-refractivity contribution in [3.8, 4) is 0 Å². The smallest absolute Gasteiger partial charge is 0.111 e. The van der Waals surface area contributed by atoms with Crippen molar-refractivity contribution in [1.29, 1.82) is 0 Å². The molecule has 3 nitrogen and oxygen atoms in total. The minimum atomic E-state index is 0.476. The Labute approximate surface area is 86.3 Å². The summed E-state index contributed by atoms with van der Waals surface area (Å²) in [6.45, 7) is 9.38. The Bertz CT molecular complexity index is 261. The van der Waals surface area contributed by atoms with E-state index in [4.69, 9.17) is 5.73 Å². The molecule has 0 aliphatic heterocycles. The lowest BCUT2D eigenvalue weighted by atomic mass is 10.2. The van der Waals surface area contributed by atoms with Crippen molar-refractivity contribution < 1.29 is 0 Å². The second-order valence-electron chi connectivity index (χ2n) is 4.28. The van der Waals surface area contributed by atoms with Crippen LogP contribution >= 0.6 is 0 Å². The lowest BCUT2D eigenvalue weighted by Crippen LogP contribution is -2.06. The molecule has 80 valence electrons. The Morgan fingerprint density at radius 1 is 1.36 bits per heavy atom. The monoisotopic (exact) mass is 195 g/mol. The van der Waals surface area contributed by atoms with Crippen LogP contribution in [0.3, 0.4) is 0 Å². The number of nitrogens with zero attached hydrogens (tertiary/aromatic N) is 2. The van der Waals surface area contributed by atoms with E-state index >= 15 is 0 Å². The van der Waals surface area contributed by atoms with E-state index in [-0.39, 0.29) is 0 Å². The van der Waals surface area contributed by atoms with Crippen molar-refractivity contribution in [1.82, 2.24) is 9.55 Å². The molecule has 0 fully saturated rings. The molecule has 1 rings (SSSR count). The highest BCUT2D eigenvalue weighted by Gasteiger charge is 2.12. The molecule has 0 aromatic carbocycles. The molecule has 0 saturated carbocycles. The average molecular weight is 195 g/mol. The van der Waals surface area contributed by atoms with Crippen LogP contribution in [-0.4, -0.2) is 16.1 Å². The van der Waals surface area contributed by atoms with Gasteiger partial charge in [0.05, 0.1) is 5.69 Å².